The molecule has 2 fully saturated rings. The van der Waals surface area contributed by atoms with Crippen LogP contribution in [0.2, 0.25) is 0 Å². The van der Waals surface area contributed by atoms with Gasteiger partial charge >= 0.3 is 12.3 Å². The fraction of sp³-hybridized carbons (Fsp3) is 0.500. The van der Waals surface area contributed by atoms with Crippen molar-refractivity contribution < 1.29 is 37.0 Å². The van der Waals surface area contributed by atoms with Gasteiger partial charge < -0.3 is 24.8 Å². The number of halogens is 3. The number of nitrogens with zero attached hydrogens (tertiary/aromatic N) is 1. The second-order valence-corrected chi connectivity index (χ2v) is 7.91. The van der Waals surface area contributed by atoms with Crippen LogP contribution in [-0.4, -0.2) is 55.5 Å². The van der Waals surface area contributed by atoms with Crippen molar-refractivity contribution >= 4 is 33.6 Å². The van der Waals surface area contributed by atoms with Gasteiger partial charge in [-0.2, -0.15) is 13.2 Å². The number of aromatic nitrogens is 1. The summed E-state index contributed by atoms with van der Waals surface area (Å²) in [4.78, 5) is 27.8. The molecule has 0 atom stereocenters. The monoisotopic (exact) mass is 445 g/mol. The predicted molar refractivity (Wildman–Crippen MR) is 99.7 cm³/mol. The SMILES string of the molecule is CNC(=O)c1csc2c(C(F)(F)F)cc(O[C@H]3C[C@@H](OC(=O)NC4COC4)C3)nc12. The largest absolute Gasteiger partial charge is 0.474 e. The number of amides is 2. The van der Waals surface area contributed by atoms with E-state index in [0.29, 0.717) is 26.1 Å². The Bertz CT molecular complexity index is 970. The van der Waals surface area contributed by atoms with E-state index in [0.717, 1.165) is 17.4 Å². The summed E-state index contributed by atoms with van der Waals surface area (Å²) in [6, 6.07) is 0.783. The Labute approximate surface area is 172 Å². The molecule has 1 aliphatic carbocycles. The number of nitrogens with one attached hydrogen (secondary N) is 2. The molecule has 1 saturated heterocycles. The number of alkyl carbamates (subject to hydrolysis) is 1. The van der Waals surface area contributed by atoms with Gasteiger partial charge in [0.05, 0.1) is 40.6 Å². The first-order valence-electron chi connectivity index (χ1n) is 9.17. The molecule has 2 amide bonds. The highest BCUT2D eigenvalue weighted by Gasteiger charge is 2.38. The number of fused-ring (bicyclic) bond motifs is 1. The third-order valence-electron chi connectivity index (χ3n) is 4.85. The minimum Gasteiger partial charge on any atom is -0.474 e. The fourth-order valence-corrected chi connectivity index (χ4v) is 4.13. The van der Waals surface area contributed by atoms with Crippen molar-refractivity contribution in [2.24, 2.45) is 0 Å². The van der Waals surface area contributed by atoms with Gasteiger partial charge in [-0.15, -0.1) is 11.3 Å². The predicted octanol–water partition coefficient (Wildman–Crippen LogP) is 2.71. The van der Waals surface area contributed by atoms with E-state index in [-0.39, 0.29) is 33.8 Å². The van der Waals surface area contributed by atoms with Crippen molar-refractivity contribution in [3.63, 3.8) is 0 Å². The molecular weight excluding hydrogens is 427 g/mol. The maximum absolute atomic E-state index is 13.5. The number of ether oxygens (including phenoxy) is 3. The van der Waals surface area contributed by atoms with Crippen molar-refractivity contribution in [3.8, 4) is 5.88 Å². The van der Waals surface area contributed by atoms with Crippen LogP contribution in [0.1, 0.15) is 28.8 Å². The van der Waals surface area contributed by atoms with Crippen molar-refractivity contribution in [2.75, 3.05) is 20.3 Å². The molecule has 8 nitrogen and oxygen atoms in total. The molecule has 2 N–H and O–H groups in total. The Morgan fingerprint density at radius 2 is 2.00 bits per heavy atom. The smallest absolute Gasteiger partial charge is 0.418 e. The molecule has 162 valence electrons. The number of thiophene rings is 1. The van der Waals surface area contributed by atoms with Crippen molar-refractivity contribution in [1.82, 2.24) is 15.6 Å². The van der Waals surface area contributed by atoms with Crippen LogP contribution in [0.4, 0.5) is 18.0 Å². The maximum atomic E-state index is 13.5. The zero-order valence-electron chi connectivity index (χ0n) is 15.7. The van der Waals surface area contributed by atoms with Crippen LogP contribution in [-0.2, 0) is 15.7 Å². The van der Waals surface area contributed by atoms with Gasteiger partial charge in [0, 0.05) is 31.3 Å². The van der Waals surface area contributed by atoms with E-state index in [1.807, 2.05) is 0 Å². The van der Waals surface area contributed by atoms with E-state index in [9.17, 15) is 22.8 Å². The fourth-order valence-electron chi connectivity index (χ4n) is 3.10. The Balaban J connectivity index is 1.45. The number of alkyl halides is 3. The average Bonchev–Trinajstić information content (AvgIpc) is 3.04. The minimum atomic E-state index is -4.63. The molecule has 0 spiro atoms. The molecule has 0 bridgehead atoms. The molecule has 2 aliphatic rings. The molecule has 3 heterocycles. The molecule has 1 aliphatic heterocycles. The third-order valence-corrected chi connectivity index (χ3v) is 5.85. The first-order chi connectivity index (χ1) is 14.2. The first kappa shape index (κ1) is 20.7. The minimum absolute atomic E-state index is 0.0542. The lowest BCUT2D eigenvalue weighted by Gasteiger charge is -2.35. The summed E-state index contributed by atoms with van der Waals surface area (Å²) in [6.45, 7) is 0.892. The molecule has 0 radical (unpaired) electrons. The molecule has 0 aromatic carbocycles. The zero-order chi connectivity index (χ0) is 21.5. The Hall–Kier alpha value is -2.60. The number of rotatable bonds is 5. The molecule has 30 heavy (non-hydrogen) atoms. The normalized spacial score (nSPS) is 21.5. The van der Waals surface area contributed by atoms with E-state index in [2.05, 4.69) is 15.6 Å². The number of hydrogen-bond acceptors (Lipinski definition) is 7. The molecular formula is C18H18F3N3O5S. The van der Waals surface area contributed by atoms with Gasteiger partial charge in [0.15, 0.2) is 0 Å². The van der Waals surface area contributed by atoms with E-state index < -0.39 is 29.8 Å². The van der Waals surface area contributed by atoms with Gasteiger partial charge in [-0.3, -0.25) is 4.79 Å². The van der Waals surface area contributed by atoms with Crippen LogP contribution < -0.4 is 15.4 Å². The molecule has 1 saturated carbocycles. The molecule has 2 aromatic heterocycles. The second kappa shape index (κ2) is 7.91. The van der Waals surface area contributed by atoms with E-state index in [1.165, 1.54) is 12.4 Å². The van der Waals surface area contributed by atoms with Gasteiger partial charge in [0.1, 0.15) is 12.2 Å². The van der Waals surface area contributed by atoms with E-state index in [1.54, 1.807) is 0 Å². The summed E-state index contributed by atoms with van der Waals surface area (Å²) in [6.07, 6.45) is -5.34. The average molecular weight is 445 g/mol. The molecule has 4 rings (SSSR count). The van der Waals surface area contributed by atoms with Crippen LogP contribution in [0.15, 0.2) is 11.4 Å². The lowest BCUT2D eigenvalue weighted by Crippen LogP contribution is -2.51. The van der Waals surface area contributed by atoms with Crippen LogP contribution in [0.5, 0.6) is 5.88 Å². The van der Waals surface area contributed by atoms with Crippen LogP contribution >= 0.6 is 11.3 Å². The summed E-state index contributed by atoms with van der Waals surface area (Å²) in [5, 5.41) is 6.37. The van der Waals surface area contributed by atoms with Crippen molar-refractivity contribution in [1.29, 1.82) is 0 Å². The zero-order valence-corrected chi connectivity index (χ0v) is 16.6. The Kier molecular flexibility index (Phi) is 5.45. The highest BCUT2D eigenvalue weighted by Crippen LogP contribution is 2.41. The van der Waals surface area contributed by atoms with E-state index in [4.69, 9.17) is 14.2 Å². The lowest BCUT2D eigenvalue weighted by molar-refractivity contribution is -0.136. The van der Waals surface area contributed by atoms with Gasteiger partial charge in [-0.1, -0.05) is 0 Å². The topological polar surface area (TPSA) is 98.8 Å². The number of pyridine rings is 1. The lowest BCUT2D eigenvalue weighted by atomic mass is 9.92. The van der Waals surface area contributed by atoms with Gasteiger partial charge in [-0.05, 0) is 0 Å². The van der Waals surface area contributed by atoms with Crippen LogP contribution in [0.3, 0.4) is 0 Å². The highest BCUT2D eigenvalue weighted by atomic mass is 32.1. The molecule has 12 heteroatoms. The Morgan fingerprint density at radius 3 is 2.60 bits per heavy atom. The second-order valence-electron chi connectivity index (χ2n) is 7.03. The molecule has 0 unspecified atom stereocenters. The highest BCUT2D eigenvalue weighted by molar-refractivity contribution is 7.17. The Morgan fingerprint density at radius 1 is 1.27 bits per heavy atom. The maximum Gasteiger partial charge on any atom is 0.418 e. The summed E-state index contributed by atoms with van der Waals surface area (Å²) in [5.74, 6) is -0.753. The summed E-state index contributed by atoms with van der Waals surface area (Å²) >= 11 is 0.805. The number of carbonyl (C=O) groups is 2. The summed E-state index contributed by atoms with van der Waals surface area (Å²) in [5.41, 5.74) is -0.907. The standard InChI is InChI=1S/C18H18F3N3O5S/c1-22-16(25)11-7-30-15-12(18(19,20)21)4-13(24-14(11)15)28-9-2-10(3-9)29-17(26)23-8-5-27-6-8/h4,7-10H,2-3,5-6H2,1H3,(H,22,25)(H,23,26)/t9-,10+. The summed E-state index contributed by atoms with van der Waals surface area (Å²) < 4.78 is 56.2. The van der Waals surface area contributed by atoms with Gasteiger partial charge in [0.25, 0.3) is 5.91 Å². The number of hydrogen-bond donors (Lipinski definition) is 2. The van der Waals surface area contributed by atoms with Crippen molar-refractivity contribution in [3.05, 3.63) is 22.6 Å². The molecule has 2 aromatic rings. The van der Waals surface area contributed by atoms with Crippen LogP contribution in [0, 0.1) is 0 Å². The quantitative estimate of drug-likeness (QED) is 0.735. The third kappa shape index (κ3) is 4.15. The first-order valence-corrected chi connectivity index (χ1v) is 10.1. The van der Waals surface area contributed by atoms with Gasteiger partial charge in [0.2, 0.25) is 5.88 Å². The van der Waals surface area contributed by atoms with Crippen LogP contribution in [0.25, 0.3) is 10.2 Å². The van der Waals surface area contributed by atoms with E-state index >= 15 is 0 Å². The van der Waals surface area contributed by atoms with Gasteiger partial charge in [-0.25, -0.2) is 9.78 Å². The number of carbonyl (C=O) groups excluding carboxylic acids is 2. The van der Waals surface area contributed by atoms with Crippen molar-refractivity contribution in [2.45, 2.75) is 37.3 Å². The summed E-state index contributed by atoms with van der Waals surface area (Å²) in [7, 11) is 1.39.